The fourth-order valence-corrected chi connectivity index (χ4v) is 1.57. The number of nitrogens with zero attached hydrogens (tertiary/aromatic N) is 2. The molecule has 1 fully saturated rings. The van der Waals surface area contributed by atoms with Crippen molar-refractivity contribution in [1.82, 2.24) is 14.9 Å². The summed E-state index contributed by atoms with van der Waals surface area (Å²) in [6.07, 6.45) is 1.12. The van der Waals surface area contributed by atoms with Gasteiger partial charge in [0.25, 0.3) is 0 Å². The fourth-order valence-electron chi connectivity index (χ4n) is 1.57. The van der Waals surface area contributed by atoms with Crippen LogP contribution >= 0.6 is 0 Å². The van der Waals surface area contributed by atoms with Crippen molar-refractivity contribution in [3.8, 4) is 0 Å². The molecule has 1 aromatic heterocycles. The van der Waals surface area contributed by atoms with Gasteiger partial charge in [-0.1, -0.05) is 0 Å². The smallest absolute Gasteiger partial charge is 0.408 e. The first kappa shape index (κ1) is 9.05. The van der Waals surface area contributed by atoms with Crippen LogP contribution in [0.1, 0.15) is 24.5 Å². The third-order valence-electron chi connectivity index (χ3n) is 2.54. The zero-order chi connectivity index (χ0) is 10.3. The molecule has 2 atom stereocenters. The first-order valence-electron chi connectivity index (χ1n) is 4.55. The minimum absolute atomic E-state index is 0.0250. The Morgan fingerprint density at radius 1 is 1.64 bits per heavy atom. The van der Waals surface area contributed by atoms with Crippen LogP contribution in [0.15, 0.2) is 6.20 Å². The van der Waals surface area contributed by atoms with Crippen LogP contribution in [0, 0.1) is 6.92 Å². The van der Waals surface area contributed by atoms with E-state index in [-0.39, 0.29) is 18.2 Å². The third kappa shape index (κ3) is 1.25. The molecule has 0 bridgehead atoms. The van der Waals surface area contributed by atoms with Gasteiger partial charge in [-0.15, -0.1) is 0 Å². The summed E-state index contributed by atoms with van der Waals surface area (Å²) in [4.78, 5) is 15.2. The van der Waals surface area contributed by atoms with Gasteiger partial charge in [-0.2, -0.15) is 0 Å². The van der Waals surface area contributed by atoms with Gasteiger partial charge in [-0.25, -0.2) is 9.78 Å². The highest BCUT2D eigenvalue weighted by Crippen LogP contribution is 2.24. The van der Waals surface area contributed by atoms with E-state index in [1.165, 1.54) is 0 Å². The molecule has 0 unspecified atom stereocenters. The number of rotatable bonds is 1. The molecule has 5 heteroatoms. The van der Waals surface area contributed by atoms with Gasteiger partial charge in [0.15, 0.2) is 11.9 Å². The average molecular weight is 195 g/mol. The molecule has 0 saturated carbocycles. The number of alkyl carbamates (subject to hydrolysis) is 1. The Hall–Kier alpha value is -1.52. The van der Waals surface area contributed by atoms with Crippen LogP contribution in [-0.2, 0) is 11.8 Å². The lowest BCUT2D eigenvalue weighted by Gasteiger charge is -2.12. The number of cyclic esters (lactones) is 1. The Balaban J connectivity index is 2.31. The maximum Gasteiger partial charge on any atom is 0.408 e. The quantitative estimate of drug-likeness (QED) is 0.724. The Bertz CT molecular complexity index is 372. The Morgan fingerprint density at radius 2 is 2.36 bits per heavy atom. The predicted molar refractivity (Wildman–Crippen MR) is 49.8 cm³/mol. The second-order valence-corrected chi connectivity index (χ2v) is 3.58. The summed E-state index contributed by atoms with van der Waals surface area (Å²) in [5, 5.41) is 2.69. The molecule has 76 valence electrons. The van der Waals surface area contributed by atoms with E-state index < -0.39 is 0 Å². The lowest BCUT2D eigenvalue weighted by molar-refractivity contribution is 0.127. The SMILES string of the molecule is Cc1cnc([C@H]2OC(=O)N[C@H]2C)n1C. The first-order chi connectivity index (χ1) is 6.59. The van der Waals surface area contributed by atoms with Crippen LogP contribution in [-0.4, -0.2) is 21.7 Å². The van der Waals surface area contributed by atoms with Gasteiger partial charge in [0, 0.05) is 18.9 Å². The number of imidazole rings is 1. The van der Waals surface area contributed by atoms with Crippen LogP contribution < -0.4 is 5.32 Å². The zero-order valence-electron chi connectivity index (χ0n) is 8.44. The molecule has 1 N–H and O–H groups in total. The van der Waals surface area contributed by atoms with Crippen molar-refractivity contribution in [2.45, 2.75) is 26.0 Å². The van der Waals surface area contributed by atoms with Crippen molar-refractivity contribution in [2.24, 2.45) is 7.05 Å². The van der Waals surface area contributed by atoms with Crippen LogP contribution in [0.4, 0.5) is 4.79 Å². The monoisotopic (exact) mass is 195 g/mol. The normalized spacial score (nSPS) is 26.1. The van der Waals surface area contributed by atoms with E-state index in [1.54, 1.807) is 6.20 Å². The van der Waals surface area contributed by atoms with E-state index in [0.717, 1.165) is 11.5 Å². The van der Waals surface area contributed by atoms with Crippen molar-refractivity contribution in [1.29, 1.82) is 0 Å². The molecule has 1 saturated heterocycles. The molecule has 5 nitrogen and oxygen atoms in total. The molecule has 1 amide bonds. The topological polar surface area (TPSA) is 56.1 Å². The van der Waals surface area contributed by atoms with Crippen LogP contribution in [0.3, 0.4) is 0 Å². The van der Waals surface area contributed by atoms with Crippen molar-refractivity contribution >= 4 is 6.09 Å². The highest BCUT2D eigenvalue weighted by Gasteiger charge is 2.34. The number of hydrogen-bond donors (Lipinski definition) is 1. The molecule has 2 rings (SSSR count). The summed E-state index contributed by atoms with van der Waals surface area (Å²) < 4.78 is 7.05. The van der Waals surface area contributed by atoms with Gasteiger partial charge in [0.2, 0.25) is 0 Å². The van der Waals surface area contributed by atoms with Crippen LogP contribution in [0.25, 0.3) is 0 Å². The lowest BCUT2D eigenvalue weighted by Crippen LogP contribution is -2.25. The number of carbonyl (C=O) groups is 1. The van der Waals surface area contributed by atoms with E-state index >= 15 is 0 Å². The molecular weight excluding hydrogens is 182 g/mol. The molecule has 0 aromatic carbocycles. The van der Waals surface area contributed by atoms with E-state index in [2.05, 4.69) is 10.3 Å². The maximum atomic E-state index is 11.0. The van der Waals surface area contributed by atoms with Crippen molar-refractivity contribution in [2.75, 3.05) is 0 Å². The van der Waals surface area contributed by atoms with E-state index in [4.69, 9.17) is 4.74 Å². The van der Waals surface area contributed by atoms with E-state index in [1.807, 2.05) is 25.5 Å². The Kier molecular flexibility index (Phi) is 1.94. The highest BCUT2D eigenvalue weighted by molar-refractivity contribution is 5.70. The average Bonchev–Trinajstić information content (AvgIpc) is 2.59. The largest absolute Gasteiger partial charge is 0.436 e. The van der Waals surface area contributed by atoms with Crippen molar-refractivity contribution in [3.05, 3.63) is 17.7 Å². The molecule has 0 spiro atoms. The Labute approximate surface area is 82.1 Å². The second-order valence-electron chi connectivity index (χ2n) is 3.58. The van der Waals surface area contributed by atoms with Gasteiger partial charge in [-0.3, -0.25) is 0 Å². The van der Waals surface area contributed by atoms with Gasteiger partial charge in [-0.05, 0) is 13.8 Å². The number of hydrogen-bond acceptors (Lipinski definition) is 3. The summed E-state index contributed by atoms with van der Waals surface area (Å²) in [5.74, 6) is 0.786. The van der Waals surface area contributed by atoms with Gasteiger partial charge < -0.3 is 14.6 Å². The summed E-state index contributed by atoms with van der Waals surface area (Å²) in [7, 11) is 1.91. The predicted octanol–water partition coefficient (Wildman–Crippen LogP) is 0.898. The van der Waals surface area contributed by atoms with E-state index in [9.17, 15) is 4.79 Å². The summed E-state index contributed by atoms with van der Waals surface area (Å²) in [6.45, 7) is 3.87. The van der Waals surface area contributed by atoms with Crippen LogP contribution in [0.5, 0.6) is 0 Å². The third-order valence-corrected chi connectivity index (χ3v) is 2.54. The summed E-state index contributed by atoms with van der Waals surface area (Å²) >= 11 is 0. The molecule has 2 heterocycles. The van der Waals surface area contributed by atoms with Gasteiger partial charge in [0.1, 0.15) is 0 Å². The molecule has 1 aromatic rings. The molecule has 1 aliphatic heterocycles. The zero-order valence-corrected chi connectivity index (χ0v) is 8.44. The molecule has 1 aliphatic rings. The van der Waals surface area contributed by atoms with Crippen molar-refractivity contribution in [3.63, 3.8) is 0 Å². The molecule has 0 radical (unpaired) electrons. The minimum Gasteiger partial charge on any atom is -0.436 e. The minimum atomic E-state index is -0.372. The fraction of sp³-hybridized carbons (Fsp3) is 0.556. The second kappa shape index (κ2) is 3.01. The number of amides is 1. The number of aromatic nitrogens is 2. The summed E-state index contributed by atoms with van der Waals surface area (Å²) in [5.41, 5.74) is 1.05. The number of nitrogens with one attached hydrogen (secondary N) is 1. The number of ether oxygens (including phenoxy) is 1. The van der Waals surface area contributed by atoms with Crippen molar-refractivity contribution < 1.29 is 9.53 Å². The Morgan fingerprint density at radius 3 is 2.79 bits per heavy atom. The molecular formula is C9H13N3O2. The highest BCUT2D eigenvalue weighted by atomic mass is 16.6. The lowest BCUT2D eigenvalue weighted by atomic mass is 10.2. The maximum absolute atomic E-state index is 11.0. The number of carbonyl (C=O) groups excluding carboxylic acids is 1. The summed E-state index contributed by atoms with van der Waals surface area (Å²) in [6, 6.07) is -0.0250. The standard InChI is InChI=1S/C9H13N3O2/c1-5-4-10-8(12(5)3)7-6(2)11-9(13)14-7/h4,6-7H,1-3H3,(H,11,13)/t6-,7-/m0/s1. The van der Waals surface area contributed by atoms with Gasteiger partial charge in [0.05, 0.1) is 6.04 Å². The molecule has 0 aliphatic carbocycles. The van der Waals surface area contributed by atoms with E-state index in [0.29, 0.717) is 0 Å². The van der Waals surface area contributed by atoms with Crippen LogP contribution in [0.2, 0.25) is 0 Å². The molecule has 14 heavy (non-hydrogen) atoms. The van der Waals surface area contributed by atoms with Gasteiger partial charge >= 0.3 is 6.09 Å². The first-order valence-corrected chi connectivity index (χ1v) is 4.55. The number of aryl methyl sites for hydroxylation is 1.